The third kappa shape index (κ3) is 6.59. The molecule has 0 aliphatic rings. The molecule has 0 spiro atoms. The van der Waals surface area contributed by atoms with E-state index in [-0.39, 0.29) is 82.5 Å². The fourth-order valence-electron chi connectivity index (χ4n) is 1.25. The van der Waals surface area contributed by atoms with E-state index in [2.05, 4.69) is 4.74 Å². The fraction of sp³-hybridized carbons (Fsp3) is 0.364. The summed E-state index contributed by atoms with van der Waals surface area (Å²) in [7, 11) is -3.74. The van der Waals surface area contributed by atoms with E-state index in [0.717, 1.165) is 0 Å². The van der Waals surface area contributed by atoms with Crippen LogP contribution in [0.5, 0.6) is 0 Å². The average molecular weight is 296 g/mol. The van der Waals surface area contributed by atoms with Crippen molar-refractivity contribution in [2.24, 2.45) is 0 Å². The van der Waals surface area contributed by atoms with E-state index in [4.69, 9.17) is 5.11 Å². The molecule has 0 aliphatic heterocycles. The molecule has 0 bridgehead atoms. The maximum Gasteiger partial charge on any atom is 1.00 e. The fourth-order valence-corrected chi connectivity index (χ4v) is 2.62. The van der Waals surface area contributed by atoms with E-state index >= 15 is 0 Å². The quantitative estimate of drug-likeness (QED) is 0.341. The molecule has 0 heterocycles. The van der Waals surface area contributed by atoms with Crippen molar-refractivity contribution >= 4 is 18.6 Å². The number of esters is 1. The van der Waals surface area contributed by atoms with Crippen molar-refractivity contribution in [1.82, 2.24) is 0 Å². The predicted molar refractivity (Wildman–Crippen MR) is 61.2 cm³/mol. The minimum atomic E-state index is -3.74. The third-order valence-electron chi connectivity index (χ3n) is 2.11. The van der Waals surface area contributed by atoms with Crippen molar-refractivity contribution in [3.8, 4) is 0 Å². The SMILES string of the molecule is O=C(CCP(=O)([O-])c1ccccc1)OCCO.[K+]. The number of carbonyl (C=O) groups is 1. The van der Waals surface area contributed by atoms with Crippen LogP contribution in [0.1, 0.15) is 6.42 Å². The number of hydrogen-bond donors (Lipinski definition) is 1. The van der Waals surface area contributed by atoms with Gasteiger partial charge in [-0.3, -0.25) is 4.79 Å². The molecule has 7 heteroatoms. The number of benzene rings is 1. The van der Waals surface area contributed by atoms with Gasteiger partial charge in [-0.1, -0.05) is 30.3 Å². The van der Waals surface area contributed by atoms with Gasteiger partial charge >= 0.3 is 57.4 Å². The molecule has 1 unspecified atom stereocenters. The molecule has 1 atom stereocenters. The molecule has 18 heavy (non-hydrogen) atoms. The van der Waals surface area contributed by atoms with E-state index < -0.39 is 13.3 Å². The predicted octanol–water partition coefficient (Wildman–Crippen LogP) is -3.12. The van der Waals surface area contributed by atoms with Crippen molar-refractivity contribution < 1.29 is 75.5 Å². The Morgan fingerprint density at radius 3 is 2.50 bits per heavy atom. The smallest absolute Gasteiger partial charge is 0.796 e. The molecule has 1 N–H and O–H groups in total. The first-order valence-electron chi connectivity index (χ1n) is 5.18. The molecule has 0 radical (unpaired) electrons. The molecule has 0 saturated heterocycles. The summed E-state index contributed by atoms with van der Waals surface area (Å²) in [6.07, 6.45) is -0.461. The molecule has 0 aliphatic carbocycles. The molecule has 5 nitrogen and oxygen atoms in total. The second-order valence-corrected chi connectivity index (χ2v) is 5.74. The van der Waals surface area contributed by atoms with Crippen LogP contribution in [0.2, 0.25) is 0 Å². The van der Waals surface area contributed by atoms with Gasteiger partial charge in [0.2, 0.25) is 0 Å². The number of rotatable bonds is 6. The summed E-state index contributed by atoms with van der Waals surface area (Å²) < 4.78 is 16.4. The van der Waals surface area contributed by atoms with Crippen LogP contribution in [-0.2, 0) is 14.1 Å². The zero-order valence-corrected chi connectivity index (χ0v) is 14.3. The van der Waals surface area contributed by atoms with Gasteiger partial charge in [0, 0.05) is 13.5 Å². The van der Waals surface area contributed by atoms with Gasteiger partial charge in [-0.2, -0.15) is 0 Å². The molecule has 94 valence electrons. The van der Waals surface area contributed by atoms with E-state index in [9.17, 15) is 14.3 Å². The van der Waals surface area contributed by atoms with Crippen LogP contribution < -0.4 is 61.6 Å². The molecular formula is C11H14KO5P. The maximum absolute atomic E-state index is 11.8. The first-order valence-corrected chi connectivity index (χ1v) is 6.99. The van der Waals surface area contributed by atoms with Gasteiger partial charge in [0.1, 0.15) is 6.61 Å². The number of aliphatic hydroxyl groups is 1. The molecule has 0 fully saturated rings. The van der Waals surface area contributed by atoms with E-state index in [1.165, 1.54) is 12.1 Å². The van der Waals surface area contributed by atoms with Gasteiger partial charge in [-0.25, -0.2) is 0 Å². The Hall–Kier alpha value is 0.476. The van der Waals surface area contributed by atoms with Gasteiger partial charge in [0.15, 0.2) is 0 Å². The summed E-state index contributed by atoms with van der Waals surface area (Å²) in [6.45, 7) is -0.368. The Labute approximate surface area is 148 Å². The largest absolute Gasteiger partial charge is 1.00 e. The molecule has 0 amide bonds. The second-order valence-electron chi connectivity index (χ2n) is 3.43. The Morgan fingerprint density at radius 1 is 1.33 bits per heavy atom. The minimum absolute atomic E-state index is 0. The number of carbonyl (C=O) groups excluding carboxylic acids is 1. The summed E-state index contributed by atoms with van der Waals surface area (Å²) in [6, 6.07) is 7.96. The van der Waals surface area contributed by atoms with E-state index in [1.807, 2.05) is 0 Å². The van der Waals surface area contributed by atoms with Crippen LogP contribution in [0.3, 0.4) is 0 Å². The minimum Gasteiger partial charge on any atom is -0.796 e. The zero-order valence-electron chi connectivity index (χ0n) is 10.2. The first-order chi connectivity index (χ1) is 8.06. The number of ether oxygens (including phenoxy) is 1. The normalized spacial score (nSPS) is 13.2. The third-order valence-corrected chi connectivity index (χ3v) is 4.01. The summed E-state index contributed by atoms with van der Waals surface area (Å²) in [4.78, 5) is 22.9. The van der Waals surface area contributed by atoms with Crippen LogP contribution in [0.25, 0.3) is 0 Å². The maximum atomic E-state index is 11.8. The Balaban J connectivity index is 0.00000289. The molecule has 1 aromatic carbocycles. The zero-order chi connectivity index (χ0) is 12.7. The molecular weight excluding hydrogens is 282 g/mol. The van der Waals surface area contributed by atoms with Crippen LogP contribution in [0.4, 0.5) is 0 Å². The summed E-state index contributed by atoms with van der Waals surface area (Å²) in [5.41, 5.74) is 0. The van der Waals surface area contributed by atoms with Crippen molar-refractivity contribution in [3.63, 3.8) is 0 Å². The number of aliphatic hydroxyl groups excluding tert-OH is 1. The summed E-state index contributed by atoms with van der Waals surface area (Å²) in [5, 5.41) is 8.65. The Kier molecular flexibility index (Phi) is 9.64. The molecule has 0 saturated carbocycles. The molecule has 1 aromatic rings. The van der Waals surface area contributed by atoms with Gasteiger partial charge in [0.05, 0.1) is 13.0 Å². The number of hydrogen-bond acceptors (Lipinski definition) is 5. The van der Waals surface area contributed by atoms with E-state index in [1.54, 1.807) is 18.2 Å². The summed E-state index contributed by atoms with van der Waals surface area (Å²) in [5.74, 6) is -0.619. The van der Waals surface area contributed by atoms with Crippen LogP contribution in [0.15, 0.2) is 30.3 Å². The van der Waals surface area contributed by atoms with Crippen molar-refractivity contribution in [2.45, 2.75) is 6.42 Å². The van der Waals surface area contributed by atoms with Gasteiger partial charge in [0.25, 0.3) is 0 Å². The molecule has 0 aromatic heterocycles. The van der Waals surface area contributed by atoms with Crippen LogP contribution in [0, 0.1) is 0 Å². The van der Waals surface area contributed by atoms with Crippen molar-refractivity contribution in [2.75, 3.05) is 19.4 Å². The van der Waals surface area contributed by atoms with Crippen LogP contribution in [-0.4, -0.2) is 30.5 Å². The van der Waals surface area contributed by atoms with Crippen molar-refractivity contribution in [3.05, 3.63) is 30.3 Å². The van der Waals surface area contributed by atoms with Gasteiger partial charge in [-0.05, 0) is 5.30 Å². The second kappa shape index (κ2) is 9.39. The summed E-state index contributed by atoms with van der Waals surface area (Å²) >= 11 is 0. The average Bonchev–Trinajstić information content (AvgIpc) is 2.35. The van der Waals surface area contributed by atoms with Crippen LogP contribution >= 0.6 is 7.37 Å². The first kappa shape index (κ1) is 18.5. The Morgan fingerprint density at radius 2 is 1.94 bits per heavy atom. The Bertz CT molecular complexity index is 409. The standard InChI is InChI=1S/C11H15O5P.K/c12-7-8-16-11(13)6-9-17(14,15)10-4-2-1-3-5-10;/h1-5,12H,6-9H2,(H,14,15);/q;+1/p-1. The van der Waals surface area contributed by atoms with E-state index in [0.29, 0.717) is 0 Å². The monoisotopic (exact) mass is 296 g/mol. The topological polar surface area (TPSA) is 86.7 Å². The van der Waals surface area contributed by atoms with Crippen molar-refractivity contribution in [1.29, 1.82) is 0 Å². The van der Waals surface area contributed by atoms with Gasteiger partial charge in [-0.15, -0.1) is 0 Å². The molecule has 1 rings (SSSR count). The van der Waals surface area contributed by atoms with Gasteiger partial charge < -0.3 is 19.3 Å².